The lowest BCUT2D eigenvalue weighted by Gasteiger charge is -2.15. The fourth-order valence-corrected chi connectivity index (χ4v) is 0.541. The van der Waals surface area contributed by atoms with Gasteiger partial charge in [0.1, 0.15) is 0 Å². The predicted molar refractivity (Wildman–Crippen MR) is 44.9 cm³/mol. The van der Waals surface area contributed by atoms with Crippen molar-refractivity contribution >= 4 is 5.91 Å². The number of rotatable bonds is 4. The van der Waals surface area contributed by atoms with Crippen LogP contribution in [-0.2, 0) is 4.79 Å². The number of nitrogens with one attached hydrogen (secondary N) is 2. The molecule has 0 radical (unpaired) electrons. The molecule has 0 rings (SSSR count). The highest BCUT2D eigenvalue weighted by Gasteiger charge is 2.11. The van der Waals surface area contributed by atoms with Gasteiger partial charge in [0.2, 0.25) is 5.91 Å². The topological polar surface area (TPSA) is 67.1 Å². The van der Waals surface area contributed by atoms with Gasteiger partial charge in [-0.15, -0.1) is 0 Å². The molecule has 0 aliphatic carbocycles. The molecule has 11 heavy (non-hydrogen) atoms. The smallest absolute Gasteiger partial charge is 0.238 e. The van der Waals surface area contributed by atoms with Crippen molar-refractivity contribution in [1.82, 2.24) is 10.6 Å². The highest BCUT2D eigenvalue weighted by Crippen LogP contribution is 1.84. The van der Waals surface area contributed by atoms with Crippen LogP contribution in [0.5, 0.6) is 0 Å². The zero-order valence-electron chi connectivity index (χ0n) is 7.35. The molecule has 4 nitrogen and oxygen atoms in total. The third-order valence-electron chi connectivity index (χ3n) is 1.59. The van der Waals surface area contributed by atoms with Crippen molar-refractivity contribution in [1.29, 1.82) is 0 Å². The molecule has 66 valence electrons. The summed E-state index contributed by atoms with van der Waals surface area (Å²) in [7, 11) is 1.74. The van der Waals surface area contributed by atoms with Gasteiger partial charge in [0.15, 0.2) is 0 Å². The van der Waals surface area contributed by atoms with E-state index in [9.17, 15) is 4.79 Å². The minimum absolute atomic E-state index is 0.0538. The van der Waals surface area contributed by atoms with Crippen LogP contribution in [0, 0.1) is 0 Å². The lowest BCUT2D eigenvalue weighted by atomic mass is 10.3. The second-order valence-electron chi connectivity index (χ2n) is 2.53. The van der Waals surface area contributed by atoms with Crippen molar-refractivity contribution < 1.29 is 4.79 Å². The van der Waals surface area contributed by atoms with E-state index < -0.39 is 0 Å². The molecule has 1 amide bonds. The van der Waals surface area contributed by atoms with Gasteiger partial charge in [-0.1, -0.05) is 6.92 Å². The van der Waals surface area contributed by atoms with Gasteiger partial charge in [-0.2, -0.15) is 0 Å². The Labute approximate surface area is 67.5 Å². The Morgan fingerprint density at radius 3 is 2.55 bits per heavy atom. The van der Waals surface area contributed by atoms with Crippen LogP contribution in [0.4, 0.5) is 0 Å². The number of hydrogen-bond acceptors (Lipinski definition) is 3. The minimum atomic E-state index is -0.224. The first-order chi connectivity index (χ1) is 5.11. The van der Waals surface area contributed by atoms with E-state index in [1.807, 2.05) is 6.92 Å². The molecule has 4 heteroatoms. The van der Waals surface area contributed by atoms with Crippen LogP contribution in [0.15, 0.2) is 0 Å². The van der Waals surface area contributed by atoms with Crippen LogP contribution < -0.4 is 16.4 Å². The largest absolute Gasteiger partial charge is 0.340 e. The summed E-state index contributed by atoms with van der Waals surface area (Å²) in [6, 6.07) is -0.174. The fraction of sp³-hybridized carbons (Fsp3) is 0.857. The quantitative estimate of drug-likeness (QED) is 0.480. The van der Waals surface area contributed by atoms with Gasteiger partial charge in [0.25, 0.3) is 0 Å². The van der Waals surface area contributed by atoms with Crippen molar-refractivity contribution in [3.8, 4) is 0 Å². The highest BCUT2D eigenvalue weighted by molar-refractivity contribution is 5.81. The highest BCUT2D eigenvalue weighted by atomic mass is 16.2. The van der Waals surface area contributed by atoms with Crippen LogP contribution in [0.3, 0.4) is 0 Å². The molecule has 0 aromatic heterocycles. The van der Waals surface area contributed by atoms with Crippen molar-refractivity contribution in [2.45, 2.75) is 32.5 Å². The maximum atomic E-state index is 11.1. The maximum Gasteiger partial charge on any atom is 0.238 e. The molecule has 0 aliphatic heterocycles. The van der Waals surface area contributed by atoms with Crippen molar-refractivity contribution in [2.24, 2.45) is 5.73 Å². The number of nitrogens with two attached hydrogens (primary N) is 1. The van der Waals surface area contributed by atoms with Crippen molar-refractivity contribution in [2.75, 3.05) is 7.05 Å². The van der Waals surface area contributed by atoms with Gasteiger partial charge in [-0.3, -0.25) is 4.79 Å². The molecule has 0 bridgehead atoms. The van der Waals surface area contributed by atoms with E-state index in [-0.39, 0.29) is 18.1 Å². The molecule has 0 saturated heterocycles. The van der Waals surface area contributed by atoms with E-state index in [0.29, 0.717) is 0 Å². The molecule has 1 unspecified atom stereocenters. The first-order valence-electron chi connectivity index (χ1n) is 3.85. The van der Waals surface area contributed by atoms with E-state index in [1.54, 1.807) is 14.0 Å². The molecule has 0 spiro atoms. The molecule has 4 N–H and O–H groups in total. The Morgan fingerprint density at radius 1 is 1.64 bits per heavy atom. The van der Waals surface area contributed by atoms with E-state index in [2.05, 4.69) is 10.6 Å². The van der Waals surface area contributed by atoms with Crippen LogP contribution >= 0.6 is 0 Å². The fourth-order valence-electron chi connectivity index (χ4n) is 0.541. The zero-order chi connectivity index (χ0) is 8.85. The molecule has 0 fully saturated rings. The van der Waals surface area contributed by atoms with Crippen LogP contribution in [0.25, 0.3) is 0 Å². The molecule has 0 saturated carbocycles. The monoisotopic (exact) mass is 159 g/mol. The summed E-state index contributed by atoms with van der Waals surface area (Å²) in [6.07, 6.45) is 0.528. The van der Waals surface area contributed by atoms with Gasteiger partial charge in [0, 0.05) is 0 Å². The molecule has 2 atom stereocenters. The van der Waals surface area contributed by atoms with E-state index in [0.717, 1.165) is 6.42 Å². The number of carbonyl (C=O) groups is 1. The Hall–Kier alpha value is -0.610. The summed E-state index contributed by atoms with van der Waals surface area (Å²) in [5, 5.41) is 5.48. The second kappa shape index (κ2) is 5.09. The average Bonchev–Trinajstić information content (AvgIpc) is 2.02. The van der Waals surface area contributed by atoms with E-state index in [1.165, 1.54) is 0 Å². The van der Waals surface area contributed by atoms with Gasteiger partial charge in [-0.25, -0.2) is 0 Å². The Balaban J connectivity index is 3.68. The van der Waals surface area contributed by atoms with E-state index in [4.69, 9.17) is 5.73 Å². The summed E-state index contributed by atoms with van der Waals surface area (Å²) in [6.45, 7) is 3.71. The lowest BCUT2D eigenvalue weighted by molar-refractivity contribution is -0.123. The van der Waals surface area contributed by atoms with Crippen molar-refractivity contribution in [3.63, 3.8) is 0 Å². The van der Waals surface area contributed by atoms with Crippen LogP contribution in [0.2, 0.25) is 0 Å². The minimum Gasteiger partial charge on any atom is -0.340 e. The molecule has 0 aromatic carbocycles. The number of amides is 1. The SMILES string of the molecule is CCC(N)NC(=O)[C@H](C)NC. The molecule has 0 aromatic rings. The second-order valence-corrected chi connectivity index (χ2v) is 2.53. The first-order valence-corrected chi connectivity index (χ1v) is 3.85. The Kier molecular flexibility index (Phi) is 4.81. The summed E-state index contributed by atoms with van der Waals surface area (Å²) < 4.78 is 0. The summed E-state index contributed by atoms with van der Waals surface area (Å²) >= 11 is 0. The Bertz CT molecular complexity index is 127. The van der Waals surface area contributed by atoms with Gasteiger partial charge < -0.3 is 16.4 Å². The third-order valence-corrected chi connectivity index (χ3v) is 1.59. The molecular weight excluding hydrogens is 142 g/mol. The predicted octanol–water partition coefficient (Wildman–Crippen LogP) is -0.595. The first kappa shape index (κ1) is 10.4. The summed E-state index contributed by atoms with van der Waals surface area (Å²) in [4.78, 5) is 11.1. The summed E-state index contributed by atoms with van der Waals surface area (Å²) in [5.41, 5.74) is 5.51. The molecular formula is C7H17N3O. The van der Waals surface area contributed by atoms with Gasteiger partial charge >= 0.3 is 0 Å². The normalized spacial score (nSPS) is 15.6. The number of hydrogen-bond donors (Lipinski definition) is 3. The number of carbonyl (C=O) groups excluding carboxylic acids is 1. The van der Waals surface area contributed by atoms with Gasteiger partial charge in [-0.05, 0) is 20.4 Å². The molecule has 0 heterocycles. The maximum absolute atomic E-state index is 11.1. The van der Waals surface area contributed by atoms with Gasteiger partial charge in [0.05, 0.1) is 12.2 Å². The standard InChI is InChI=1S/C7H17N3O/c1-4-6(8)10-7(11)5(2)9-3/h5-6,9H,4,8H2,1-3H3,(H,10,11)/t5-,6?/m0/s1. The average molecular weight is 159 g/mol. The third kappa shape index (κ3) is 3.95. The summed E-state index contributed by atoms with van der Waals surface area (Å²) in [5.74, 6) is -0.0538. The van der Waals surface area contributed by atoms with E-state index >= 15 is 0 Å². The van der Waals surface area contributed by atoms with Crippen molar-refractivity contribution in [3.05, 3.63) is 0 Å². The molecule has 0 aliphatic rings. The number of likely N-dealkylation sites (N-methyl/N-ethyl adjacent to an activating group) is 1. The lowest BCUT2D eigenvalue weighted by Crippen LogP contribution is -2.48. The van der Waals surface area contributed by atoms with Crippen LogP contribution in [0.1, 0.15) is 20.3 Å². The zero-order valence-corrected chi connectivity index (χ0v) is 7.35. The van der Waals surface area contributed by atoms with Crippen LogP contribution in [-0.4, -0.2) is 25.2 Å². The Morgan fingerprint density at radius 2 is 2.18 bits per heavy atom.